The molecule has 1 aromatic rings. The number of hydrazone groups is 1. The Hall–Kier alpha value is -1.41. The summed E-state index contributed by atoms with van der Waals surface area (Å²) in [6.07, 6.45) is 1.68. The van der Waals surface area contributed by atoms with Crippen LogP contribution in [-0.2, 0) is 6.54 Å². The van der Waals surface area contributed by atoms with Gasteiger partial charge < -0.3 is 9.80 Å². The summed E-state index contributed by atoms with van der Waals surface area (Å²) in [6.45, 7) is 1.97. The molecule has 0 bridgehead atoms. The zero-order valence-corrected chi connectivity index (χ0v) is 10.6. The Bertz CT molecular complexity index is 463. The first-order chi connectivity index (χ1) is 8.06. The number of hydrogen-bond donors (Lipinski definition) is 0. The van der Waals surface area contributed by atoms with E-state index in [-0.39, 0.29) is 0 Å². The van der Waals surface area contributed by atoms with Gasteiger partial charge in [0.05, 0.1) is 6.54 Å². The summed E-state index contributed by atoms with van der Waals surface area (Å²) < 4.78 is 0.473. The fraction of sp³-hybridized carbons (Fsp3) is 0.500. The van der Waals surface area contributed by atoms with Gasteiger partial charge in [0.2, 0.25) is 0 Å². The van der Waals surface area contributed by atoms with E-state index in [0.717, 1.165) is 11.4 Å². The monoisotopic (exact) mass is 275 g/mol. The standard InChI is InChI=1S/C8H10ClN5O2S/c1-12-2-3-13(8(12)11-14(15)16)5-6-4-10-7(9)17-6/h4H,2-3,5H2,1H3/b11-8+. The van der Waals surface area contributed by atoms with Gasteiger partial charge in [-0.3, -0.25) is 0 Å². The molecule has 92 valence electrons. The summed E-state index contributed by atoms with van der Waals surface area (Å²) in [6, 6.07) is 0. The predicted octanol–water partition coefficient (Wildman–Crippen LogP) is 1.09. The molecule has 0 aromatic carbocycles. The van der Waals surface area contributed by atoms with Gasteiger partial charge in [0.15, 0.2) is 9.50 Å². The van der Waals surface area contributed by atoms with Crippen molar-refractivity contribution in [1.29, 1.82) is 0 Å². The fourth-order valence-electron chi connectivity index (χ4n) is 1.62. The number of hydrogen-bond acceptors (Lipinski definition) is 4. The Balaban J connectivity index is 2.12. The largest absolute Gasteiger partial charge is 0.339 e. The lowest BCUT2D eigenvalue weighted by Crippen LogP contribution is -2.31. The summed E-state index contributed by atoms with van der Waals surface area (Å²) in [7, 11) is 1.78. The Labute approximate surface area is 106 Å². The van der Waals surface area contributed by atoms with E-state index in [9.17, 15) is 10.1 Å². The molecule has 1 aromatic heterocycles. The molecule has 0 radical (unpaired) electrons. The van der Waals surface area contributed by atoms with E-state index in [4.69, 9.17) is 11.6 Å². The molecule has 17 heavy (non-hydrogen) atoms. The van der Waals surface area contributed by atoms with Crippen LogP contribution in [0.25, 0.3) is 0 Å². The molecule has 0 spiro atoms. The molecule has 2 rings (SSSR count). The fourth-order valence-corrected chi connectivity index (χ4v) is 2.61. The van der Waals surface area contributed by atoms with Crippen LogP contribution in [0.1, 0.15) is 4.88 Å². The molecule has 1 aliphatic heterocycles. The number of rotatable bonds is 3. The lowest BCUT2D eigenvalue weighted by atomic mass is 10.5. The van der Waals surface area contributed by atoms with Crippen molar-refractivity contribution < 1.29 is 5.03 Å². The molecule has 9 heteroatoms. The van der Waals surface area contributed by atoms with Crippen LogP contribution in [0.3, 0.4) is 0 Å². The Morgan fingerprint density at radius 3 is 3.06 bits per heavy atom. The molecule has 0 saturated carbocycles. The van der Waals surface area contributed by atoms with Gasteiger partial charge >= 0.3 is 0 Å². The Morgan fingerprint density at radius 2 is 2.47 bits per heavy atom. The normalized spacial score (nSPS) is 18.1. The number of nitrogens with zero attached hydrogens (tertiary/aromatic N) is 5. The number of thiazole rings is 1. The van der Waals surface area contributed by atoms with Crippen molar-refractivity contribution in [3.8, 4) is 0 Å². The van der Waals surface area contributed by atoms with Crippen LogP contribution in [0, 0.1) is 10.1 Å². The zero-order chi connectivity index (χ0) is 12.4. The van der Waals surface area contributed by atoms with Crippen LogP contribution >= 0.6 is 22.9 Å². The number of aromatic nitrogens is 1. The van der Waals surface area contributed by atoms with Crippen molar-refractivity contribution >= 4 is 28.9 Å². The van der Waals surface area contributed by atoms with Crippen molar-refractivity contribution in [1.82, 2.24) is 14.8 Å². The van der Waals surface area contributed by atoms with Gasteiger partial charge in [-0.1, -0.05) is 11.6 Å². The molecule has 1 aliphatic rings. The van der Waals surface area contributed by atoms with Crippen LogP contribution in [0.4, 0.5) is 0 Å². The van der Waals surface area contributed by atoms with E-state index in [1.165, 1.54) is 11.3 Å². The van der Waals surface area contributed by atoms with E-state index in [1.807, 2.05) is 4.90 Å². The first-order valence-corrected chi connectivity index (χ1v) is 6.05. The van der Waals surface area contributed by atoms with E-state index in [0.29, 0.717) is 23.5 Å². The van der Waals surface area contributed by atoms with Gasteiger partial charge in [-0.15, -0.1) is 11.3 Å². The second kappa shape index (κ2) is 4.84. The summed E-state index contributed by atoms with van der Waals surface area (Å²) >= 11 is 7.10. The maximum absolute atomic E-state index is 10.4. The third kappa shape index (κ3) is 2.83. The Morgan fingerprint density at radius 1 is 1.71 bits per heavy atom. The molecule has 0 atom stereocenters. The van der Waals surface area contributed by atoms with Gasteiger partial charge in [-0.05, 0) is 0 Å². The summed E-state index contributed by atoms with van der Waals surface area (Å²) in [5.41, 5.74) is 0. The summed E-state index contributed by atoms with van der Waals surface area (Å²) in [5.74, 6) is 0.375. The van der Waals surface area contributed by atoms with Crippen molar-refractivity contribution in [3.63, 3.8) is 0 Å². The van der Waals surface area contributed by atoms with Gasteiger partial charge in [-0.25, -0.2) is 15.1 Å². The molecule has 0 aliphatic carbocycles. The van der Waals surface area contributed by atoms with Crippen molar-refractivity contribution in [2.24, 2.45) is 5.10 Å². The van der Waals surface area contributed by atoms with Gasteiger partial charge in [0, 0.05) is 31.2 Å². The van der Waals surface area contributed by atoms with Gasteiger partial charge in [0.25, 0.3) is 5.96 Å². The minimum Gasteiger partial charge on any atom is -0.339 e. The van der Waals surface area contributed by atoms with E-state index >= 15 is 0 Å². The second-order valence-corrected chi connectivity index (χ2v) is 5.26. The lowest BCUT2D eigenvalue weighted by Gasteiger charge is -2.16. The highest BCUT2D eigenvalue weighted by molar-refractivity contribution is 7.15. The van der Waals surface area contributed by atoms with Gasteiger partial charge in [0.1, 0.15) is 5.10 Å². The van der Waals surface area contributed by atoms with E-state index in [1.54, 1.807) is 18.1 Å². The Kier molecular flexibility index (Phi) is 3.43. The SMILES string of the molecule is CN1CCN(Cc2cnc(Cl)s2)/C1=N/[N+](=O)[O-]. The second-order valence-electron chi connectivity index (χ2n) is 3.56. The predicted molar refractivity (Wildman–Crippen MR) is 64.6 cm³/mol. The smallest absolute Gasteiger partial charge is 0.274 e. The molecule has 1 fully saturated rings. The van der Waals surface area contributed by atoms with E-state index in [2.05, 4.69) is 10.1 Å². The first-order valence-electron chi connectivity index (χ1n) is 4.85. The number of guanidine groups is 1. The molecule has 0 amide bonds. The van der Waals surface area contributed by atoms with Crippen LogP contribution in [0.5, 0.6) is 0 Å². The third-order valence-corrected chi connectivity index (χ3v) is 3.47. The lowest BCUT2D eigenvalue weighted by molar-refractivity contribution is -0.486. The number of halogens is 1. The average molecular weight is 276 g/mol. The zero-order valence-electron chi connectivity index (χ0n) is 9.04. The van der Waals surface area contributed by atoms with Crippen LogP contribution in [0.2, 0.25) is 4.47 Å². The van der Waals surface area contributed by atoms with Crippen molar-refractivity contribution in [3.05, 3.63) is 25.7 Å². The van der Waals surface area contributed by atoms with Crippen molar-refractivity contribution in [2.75, 3.05) is 20.1 Å². The highest BCUT2D eigenvalue weighted by atomic mass is 35.5. The van der Waals surface area contributed by atoms with Crippen LogP contribution < -0.4 is 0 Å². The first kappa shape index (κ1) is 12.1. The molecular weight excluding hydrogens is 266 g/mol. The minimum absolute atomic E-state index is 0.375. The van der Waals surface area contributed by atoms with E-state index < -0.39 is 5.03 Å². The maximum atomic E-state index is 10.4. The molecule has 7 nitrogen and oxygen atoms in total. The molecule has 1 saturated heterocycles. The van der Waals surface area contributed by atoms with Crippen molar-refractivity contribution in [2.45, 2.75) is 6.54 Å². The van der Waals surface area contributed by atoms with Crippen LogP contribution in [-0.4, -0.2) is 45.9 Å². The topological polar surface area (TPSA) is 74.9 Å². The van der Waals surface area contributed by atoms with Crippen LogP contribution in [0.15, 0.2) is 11.3 Å². The summed E-state index contributed by atoms with van der Waals surface area (Å²) in [5, 5.41) is 13.1. The third-order valence-electron chi connectivity index (χ3n) is 2.37. The quantitative estimate of drug-likeness (QED) is 0.610. The summed E-state index contributed by atoms with van der Waals surface area (Å²) in [4.78, 5) is 18.9. The molecule has 0 N–H and O–H groups in total. The molecule has 2 heterocycles. The number of likely N-dealkylation sites (N-methyl/N-ethyl adjacent to an activating group) is 1. The minimum atomic E-state index is -0.677. The molecular formula is C8H10ClN5O2S. The highest BCUT2D eigenvalue weighted by Gasteiger charge is 2.27. The highest BCUT2D eigenvalue weighted by Crippen LogP contribution is 2.21. The average Bonchev–Trinajstić information content (AvgIpc) is 2.78. The maximum Gasteiger partial charge on any atom is 0.274 e. The van der Waals surface area contributed by atoms with Gasteiger partial charge in [-0.2, -0.15) is 0 Å². The number of nitro groups is 1. The molecule has 0 unspecified atom stereocenters.